The molecule has 0 N–H and O–H groups in total. The van der Waals surface area contributed by atoms with Gasteiger partial charge in [0, 0.05) is 18.5 Å². The highest BCUT2D eigenvalue weighted by Gasteiger charge is 2.41. The molecular weight excluding hydrogens is 226 g/mol. The Balaban J connectivity index is 1.61. The van der Waals surface area contributed by atoms with E-state index in [1.807, 2.05) is 12.1 Å². The maximum atomic E-state index is 5.40. The molecule has 98 valence electrons. The molecule has 0 aliphatic carbocycles. The minimum Gasteiger partial charge on any atom is -0.497 e. The van der Waals surface area contributed by atoms with Gasteiger partial charge in [-0.15, -0.1) is 0 Å². The minimum absolute atomic E-state index is 0.477. The molecule has 2 heterocycles. The van der Waals surface area contributed by atoms with Crippen molar-refractivity contribution in [2.75, 3.05) is 33.4 Å². The Kier molecular flexibility index (Phi) is 3.27. The van der Waals surface area contributed by atoms with Crippen LogP contribution in [0.4, 0.5) is 0 Å². The van der Waals surface area contributed by atoms with E-state index >= 15 is 0 Å². The molecular formula is C15H21NO2. The summed E-state index contributed by atoms with van der Waals surface area (Å²) in [5.41, 5.74) is 1.85. The average Bonchev–Trinajstić information content (AvgIpc) is 2.38. The van der Waals surface area contributed by atoms with Crippen LogP contribution in [0.1, 0.15) is 18.4 Å². The molecule has 0 unspecified atom stereocenters. The fourth-order valence-corrected chi connectivity index (χ4v) is 3.06. The van der Waals surface area contributed by atoms with E-state index in [2.05, 4.69) is 17.0 Å². The number of hydrogen-bond donors (Lipinski definition) is 0. The maximum absolute atomic E-state index is 5.40. The molecule has 0 bridgehead atoms. The minimum atomic E-state index is 0.477. The molecule has 1 spiro atoms. The maximum Gasteiger partial charge on any atom is 0.118 e. The molecule has 3 rings (SSSR count). The van der Waals surface area contributed by atoms with Gasteiger partial charge in [0.25, 0.3) is 0 Å². The van der Waals surface area contributed by atoms with Gasteiger partial charge in [0.15, 0.2) is 0 Å². The lowest BCUT2D eigenvalue weighted by atomic mass is 9.78. The lowest BCUT2D eigenvalue weighted by Crippen LogP contribution is -2.53. The smallest absolute Gasteiger partial charge is 0.118 e. The topological polar surface area (TPSA) is 21.7 Å². The number of rotatable bonds is 3. The first-order valence-corrected chi connectivity index (χ1v) is 6.73. The van der Waals surface area contributed by atoms with Gasteiger partial charge in [-0.2, -0.15) is 0 Å². The van der Waals surface area contributed by atoms with Gasteiger partial charge < -0.3 is 9.47 Å². The van der Waals surface area contributed by atoms with E-state index < -0.39 is 0 Å². The number of nitrogens with zero attached hydrogens (tertiary/aromatic N) is 1. The first-order chi connectivity index (χ1) is 8.80. The fourth-order valence-electron chi connectivity index (χ4n) is 3.06. The fraction of sp³-hybridized carbons (Fsp3) is 0.600. The zero-order valence-electron chi connectivity index (χ0n) is 11.0. The summed E-state index contributed by atoms with van der Waals surface area (Å²) in [5, 5.41) is 0. The van der Waals surface area contributed by atoms with E-state index in [0.29, 0.717) is 5.41 Å². The first-order valence-electron chi connectivity index (χ1n) is 6.73. The van der Waals surface area contributed by atoms with Crippen LogP contribution in [0.3, 0.4) is 0 Å². The summed E-state index contributed by atoms with van der Waals surface area (Å²) >= 11 is 0. The van der Waals surface area contributed by atoms with Gasteiger partial charge in [-0.05, 0) is 37.1 Å². The molecule has 0 aromatic heterocycles. The summed E-state index contributed by atoms with van der Waals surface area (Å²) in [6, 6.07) is 8.41. The van der Waals surface area contributed by atoms with Gasteiger partial charge in [0.1, 0.15) is 5.75 Å². The quantitative estimate of drug-likeness (QED) is 0.818. The molecule has 2 saturated heterocycles. The number of ether oxygens (including phenoxy) is 2. The van der Waals surface area contributed by atoms with Crippen molar-refractivity contribution in [3.63, 3.8) is 0 Å². The van der Waals surface area contributed by atoms with Crippen LogP contribution in [0.2, 0.25) is 0 Å². The van der Waals surface area contributed by atoms with Gasteiger partial charge in [-0.1, -0.05) is 12.1 Å². The largest absolute Gasteiger partial charge is 0.497 e. The molecule has 0 amide bonds. The van der Waals surface area contributed by atoms with Crippen LogP contribution in [-0.4, -0.2) is 38.3 Å². The third kappa shape index (κ3) is 2.38. The molecule has 0 radical (unpaired) electrons. The lowest BCUT2D eigenvalue weighted by Gasteiger charge is -2.48. The van der Waals surface area contributed by atoms with Crippen molar-refractivity contribution in [1.82, 2.24) is 4.90 Å². The third-order valence-corrected chi connectivity index (χ3v) is 4.12. The number of benzene rings is 1. The van der Waals surface area contributed by atoms with Gasteiger partial charge in [-0.25, -0.2) is 0 Å². The second kappa shape index (κ2) is 4.90. The highest BCUT2D eigenvalue weighted by atomic mass is 16.5. The SMILES string of the molecule is COc1ccc(CN2CCCC3(COC3)C2)cc1. The zero-order valence-corrected chi connectivity index (χ0v) is 11.0. The molecule has 2 aliphatic heterocycles. The van der Waals surface area contributed by atoms with Gasteiger partial charge >= 0.3 is 0 Å². The third-order valence-electron chi connectivity index (χ3n) is 4.12. The van der Waals surface area contributed by atoms with E-state index in [9.17, 15) is 0 Å². The zero-order chi connectivity index (χ0) is 12.4. The normalized spacial score (nSPS) is 22.7. The molecule has 0 saturated carbocycles. The van der Waals surface area contributed by atoms with Crippen molar-refractivity contribution in [1.29, 1.82) is 0 Å². The molecule has 1 aromatic rings. The Labute approximate surface area is 109 Å². The predicted octanol–water partition coefficient (Wildman–Crippen LogP) is 2.31. The Hall–Kier alpha value is -1.06. The molecule has 3 heteroatoms. The van der Waals surface area contributed by atoms with Crippen molar-refractivity contribution >= 4 is 0 Å². The highest BCUT2D eigenvalue weighted by Crippen LogP contribution is 2.37. The molecule has 0 atom stereocenters. The van der Waals surface area contributed by atoms with Crippen LogP contribution in [-0.2, 0) is 11.3 Å². The Morgan fingerprint density at radius 3 is 2.67 bits per heavy atom. The van der Waals surface area contributed by atoms with Crippen molar-refractivity contribution in [3.8, 4) is 5.75 Å². The van der Waals surface area contributed by atoms with Crippen molar-refractivity contribution in [2.45, 2.75) is 19.4 Å². The van der Waals surface area contributed by atoms with E-state index in [-0.39, 0.29) is 0 Å². The summed E-state index contributed by atoms with van der Waals surface area (Å²) in [6.07, 6.45) is 2.64. The van der Waals surface area contributed by atoms with Crippen molar-refractivity contribution in [3.05, 3.63) is 29.8 Å². The molecule has 1 aromatic carbocycles. The van der Waals surface area contributed by atoms with E-state index in [1.165, 1.54) is 31.5 Å². The van der Waals surface area contributed by atoms with Crippen LogP contribution in [0.5, 0.6) is 5.75 Å². The number of piperidine rings is 1. The monoisotopic (exact) mass is 247 g/mol. The van der Waals surface area contributed by atoms with E-state index in [0.717, 1.165) is 25.5 Å². The predicted molar refractivity (Wildman–Crippen MR) is 70.8 cm³/mol. The molecule has 18 heavy (non-hydrogen) atoms. The molecule has 3 nitrogen and oxygen atoms in total. The van der Waals surface area contributed by atoms with E-state index in [4.69, 9.17) is 9.47 Å². The number of hydrogen-bond acceptors (Lipinski definition) is 3. The first kappa shape index (κ1) is 12.0. The lowest BCUT2D eigenvalue weighted by molar-refractivity contribution is -0.145. The van der Waals surface area contributed by atoms with Crippen molar-refractivity contribution in [2.24, 2.45) is 5.41 Å². The Bertz CT molecular complexity index is 397. The van der Waals surface area contributed by atoms with Crippen LogP contribution in [0.25, 0.3) is 0 Å². The summed E-state index contributed by atoms with van der Waals surface area (Å²) in [5.74, 6) is 0.932. The number of methoxy groups -OCH3 is 1. The Morgan fingerprint density at radius 2 is 2.06 bits per heavy atom. The van der Waals surface area contributed by atoms with Crippen molar-refractivity contribution < 1.29 is 9.47 Å². The van der Waals surface area contributed by atoms with Crippen LogP contribution >= 0.6 is 0 Å². The summed E-state index contributed by atoms with van der Waals surface area (Å²) in [6.45, 7) is 5.39. The van der Waals surface area contributed by atoms with Gasteiger partial charge in [-0.3, -0.25) is 4.90 Å². The van der Waals surface area contributed by atoms with Gasteiger partial charge in [0.05, 0.1) is 20.3 Å². The summed E-state index contributed by atoms with van der Waals surface area (Å²) < 4.78 is 10.6. The summed E-state index contributed by atoms with van der Waals surface area (Å²) in [4.78, 5) is 2.56. The van der Waals surface area contributed by atoms with Crippen LogP contribution in [0.15, 0.2) is 24.3 Å². The second-order valence-corrected chi connectivity index (χ2v) is 5.66. The highest BCUT2D eigenvalue weighted by molar-refractivity contribution is 5.27. The average molecular weight is 247 g/mol. The Morgan fingerprint density at radius 1 is 1.28 bits per heavy atom. The standard InChI is InChI=1S/C15H21NO2/c1-17-14-5-3-13(4-6-14)9-16-8-2-7-15(10-16)11-18-12-15/h3-6H,2,7-12H2,1H3. The second-order valence-electron chi connectivity index (χ2n) is 5.66. The number of likely N-dealkylation sites (tertiary alicyclic amines) is 1. The van der Waals surface area contributed by atoms with Crippen LogP contribution in [0, 0.1) is 5.41 Å². The molecule has 2 fully saturated rings. The molecule has 2 aliphatic rings. The van der Waals surface area contributed by atoms with Crippen LogP contribution < -0.4 is 4.74 Å². The van der Waals surface area contributed by atoms with Gasteiger partial charge in [0.2, 0.25) is 0 Å². The van der Waals surface area contributed by atoms with E-state index in [1.54, 1.807) is 7.11 Å². The summed E-state index contributed by atoms with van der Waals surface area (Å²) in [7, 11) is 1.71.